The molecule has 17 heavy (non-hydrogen) atoms. The van der Waals surface area contributed by atoms with Crippen LogP contribution in [0.1, 0.15) is 33.2 Å². The molecule has 2 heterocycles. The average Bonchev–Trinajstić information content (AvgIpc) is 2.95. The molecular weight excluding hydrogens is 230 g/mol. The van der Waals surface area contributed by atoms with Gasteiger partial charge in [-0.25, -0.2) is 0 Å². The summed E-state index contributed by atoms with van der Waals surface area (Å²) in [6.45, 7) is 3.57. The van der Waals surface area contributed by atoms with Crippen molar-refractivity contribution < 1.29 is 4.74 Å². The van der Waals surface area contributed by atoms with Gasteiger partial charge in [-0.3, -0.25) is 0 Å². The third kappa shape index (κ3) is 1.90. The summed E-state index contributed by atoms with van der Waals surface area (Å²) in [6, 6.07) is 8.56. The van der Waals surface area contributed by atoms with Crippen molar-refractivity contribution in [3.05, 3.63) is 56.8 Å². The Morgan fingerprint density at radius 1 is 1.24 bits per heavy atom. The van der Waals surface area contributed by atoms with Gasteiger partial charge in [-0.2, -0.15) is 0 Å². The van der Waals surface area contributed by atoms with E-state index in [4.69, 9.17) is 10.5 Å². The molecule has 1 unspecified atom stereocenters. The van der Waals surface area contributed by atoms with E-state index in [0.717, 1.165) is 13.2 Å². The van der Waals surface area contributed by atoms with Crippen molar-refractivity contribution in [2.24, 2.45) is 5.73 Å². The minimum atomic E-state index is -0.0131. The van der Waals surface area contributed by atoms with Crippen LogP contribution in [0.5, 0.6) is 0 Å². The molecule has 1 aliphatic heterocycles. The van der Waals surface area contributed by atoms with Gasteiger partial charge in [0.25, 0.3) is 0 Å². The first-order valence-electron chi connectivity index (χ1n) is 5.75. The van der Waals surface area contributed by atoms with Gasteiger partial charge >= 0.3 is 0 Å². The molecule has 0 bridgehead atoms. The first-order valence-corrected chi connectivity index (χ1v) is 6.62. The van der Waals surface area contributed by atoms with Gasteiger partial charge < -0.3 is 10.5 Å². The van der Waals surface area contributed by atoms with Gasteiger partial charge in [-0.15, -0.1) is 11.3 Å². The van der Waals surface area contributed by atoms with Gasteiger partial charge in [-0.05, 0) is 40.6 Å². The maximum Gasteiger partial charge on any atom is 0.0725 e. The lowest BCUT2D eigenvalue weighted by atomic mass is 9.99. The number of nitrogens with two attached hydrogens (primary N) is 1. The molecule has 0 spiro atoms. The van der Waals surface area contributed by atoms with Crippen LogP contribution in [0.3, 0.4) is 0 Å². The molecule has 2 aromatic rings. The maximum absolute atomic E-state index is 6.33. The molecule has 88 valence electrons. The third-order valence-electron chi connectivity index (χ3n) is 3.29. The summed E-state index contributed by atoms with van der Waals surface area (Å²) in [6.07, 6.45) is 0. The molecule has 2 N–H and O–H groups in total. The van der Waals surface area contributed by atoms with E-state index in [0.29, 0.717) is 0 Å². The molecule has 0 amide bonds. The lowest BCUT2D eigenvalue weighted by Crippen LogP contribution is -2.11. The van der Waals surface area contributed by atoms with Crippen molar-refractivity contribution in [2.45, 2.75) is 26.2 Å². The van der Waals surface area contributed by atoms with Gasteiger partial charge in [0, 0.05) is 4.88 Å². The summed E-state index contributed by atoms with van der Waals surface area (Å²) in [5, 5.41) is 2.10. The molecule has 1 atom stereocenters. The number of hydrogen-bond donors (Lipinski definition) is 1. The molecule has 2 nitrogen and oxygen atoms in total. The second-order valence-electron chi connectivity index (χ2n) is 4.47. The Labute approximate surface area is 105 Å². The Morgan fingerprint density at radius 2 is 2.06 bits per heavy atom. The minimum Gasteiger partial charge on any atom is -0.372 e. The first kappa shape index (κ1) is 11.0. The van der Waals surface area contributed by atoms with Crippen LogP contribution in [0.4, 0.5) is 0 Å². The van der Waals surface area contributed by atoms with Crippen LogP contribution < -0.4 is 5.73 Å². The van der Waals surface area contributed by atoms with E-state index in [2.05, 4.69) is 36.6 Å². The largest absolute Gasteiger partial charge is 0.372 e. The number of benzene rings is 1. The van der Waals surface area contributed by atoms with Crippen molar-refractivity contribution in [2.75, 3.05) is 0 Å². The second kappa shape index (κ2) is 4.26. The lowest BCUT2D eigenvalue weighted by molar-refractivity contribution is 0.134. The predicted molar refractivity (Wildman–Crippen MR) is 70.0 cm³/mol. The van der Waals surface area contributed by atoms with Gasteiger partial charge in [0.2, 0.25) is 0 Å². The normalized spacial score (nSPS) is 15.9. The number of thiophene rings is 1. The molecule has 0 radical (unpaired) electrons. The van der Waals surface area contributed by atoms with Crippen molar-refractivity contribution in [1.82, 2.24) is 0 Å². The molecule has 3 rings (SSSR count). The summed E-state index contributed by atoms with van der Waals surface area (Å²) in [5.74, 6) is 0. The van der Waals surface area contributed by atoms with Crippen LogP contribution in [0.25, 0.3) is 0 Å². The van der Waals surface area contributed by atoms with Crippen LogP contribution in [-0.4, -0.2) is 0 Å². The Bertz CT molecular complexity index is 547. The topological polar surface area (TPSA) is 35.2 Å². The zero-order valence-electron chi connectivity index (χ0n) is 9.77. The second-order valence-corrected chi connectivity index (χ2v) is 5.41. The number of hydrogen-bond acceptors (Lipinski definition) is 3. The molecule has 3 heteroatoms. The van der Waals surface area contributed by atoms with Crippen LogP contribution in [0, 0.1) is 6.92 Å². The highest BCUT2D eigenvalue weighted by atomic mass is 32.1. The fraction of sp³-hybridized carbons (Fsp3) is 0.286. The Hall–Kier alpha value is -1.16. The highest BCUT2D eigenvalue weighted by molar-refractivity contribution is 7.10. The smallest absolute Gasteiger partial charge is 0.0725 e. The van der Waals surface area contributed by atoms with E-state index in [1.807, 2.05) is 0 Å². The van der Waals surface area contributed by atoms with E-state index in [1.54, 1.807) is 11.3 Å². The highest BCUT2D eigenvalue weighted by Crippen LogP contribution is 2.30. The summed E-state index contributed by atoms with van der Waals surface area (Å²) in [5.41, 5.74) is 11.4. The maximum atomic E-state index is 6.33. The van der Waals surface area contributed by atoms with Crippen molar-refractivity contribution >= 4 is 11.3 Å². The van der Waals surface area contributed by atoms with Crippen LogP contribution >= 0.6 is 11.3 Å². The molecule has 0 saturated carbocycles. The quantitative estimate of drug-likeness (QED) is 0.882. The fourth-order valence-corrected chi connectivity index (χ4v) is 3.20. The number of rotatable bonds is 2. The summed E-state index contributed by atoms with van der Waals surface area (Å²) >= 11 is 1.73. The van der Waals surface area contributed by atoms with Crippen molar-refractivity contribution in [3.63, 3.8) is 0 Å². The molecule has 0 fully saturated rings. The summed E-state index contributed by atoms with van der Waals surface area (Å²) in [4.78, 5) is 1.25. The van der Waals surface area contributed by atoms with E-state index in [1.165, 1.54) is 27.1 Å². The van der Waals surface area contributed by atoms with Crippen molar-refractivity contribution in [3.8, 4) is 0 Å². The third-order valence-corrected chi connectivity index (χ3v) is 4.39. The van der Waals surface area contributed by atoms with Gasteiger partial charge in [0.05, 0.1) is 19.3 Å². The summed E-state index contributed by atoms with van der Waals surface area (Å²) in [7, 11) is 0. The molecule has 0 saturated heterocycles. The van der Waals surface area contributed by atoms with Gasteiger partial charge in [0.1, 0.15) is 0 Å². The number of ether oxygens (including phenoxy) is 1. The molecule has 0 aliphatic carbocycles. The van der Waals surface area contributed by atoms with Crippen LogP contribution in [0.15, 0.2) is 29.6 Å². The zero-order valence-corrected chi connectivity index (χ0v) is 10.6. The Kier molecular flexibility index (Phi) is 2.74. The predicted octanol–water partition coefficient (Wildman–Crippen LogP) is 3.13. The summed E-state index contributed by atoms with van der Waals surface area (Å²) < 4.78 is 5.43. The Morgan fingerprint density at radius 3 is 2.82 bits per heavy atom. The molecular formula is C14H15NOS. The van der Waals surface area contributed by atoms with Gasteiger partial charge in [-0.1, -0.05) is 18.2 Å². The molecule has 1 aromatic heterocycles. The SMILES string of the molecule is Cc1ccsc1C(N)c1ccc2c(c1)COC2. The highest BCUT2D eigenvalue weighted by Gasteiger charge is 2.16. The standard InChI is InChI=1S/C14H15NOS/c1-9-4-5-17-14(9)13(15)10-2-3-11-7-16-8-12(11)6-10/h2-6,13H,7-8,15H2,1H3. The lowest BCUT2D eigenvalue weighted by Gasteiger charge is -2.12. The Balaban J connectivity index is 1.97. The van der Waals surface area contributed by atoms with E-state index >= 15 is 0 Å². The minimum absolute atomic E-state index is 0.0131. The van der Waals surface area contributed by atoms with Crippen molar-refractivity contribution in [1.29, 1.82) is 0 Å². The zero-order chi connectivity index (χ0) is 11.8. The van der Waals surface area contributed by atoms with Crippen LogP contribution in [0.2, 0.25) is 0 Å². The molecule has 1 aromatic carbocycles. The fourth-order valence-electron chi connectivity index (χ4n) is 2.24. The van der Waals surface area contributed by atoms with Gasteiger partial charge in [0.15, 0.2) is 0 Å². The van der Waals surface area contributed by atoms with E-state index in [9.17, 15) is 0 Å². The molecule has 1 aliphatic rings. The van der Waals surface area contributed by atoms with E-state index in [-0.39, 0.29) is 6.04 Å². The van der Waals surface area contributed by atoms with E-state index < -0.39 is 0 Å². The number of aryl methyl sites for hydroxylation is 1. The monoisotopic (exact) mass is 245 g/mol. The average molecular weight is 245 g/mol. The first-order chi connectivity index (χ1) is 8.25. The number of fused-ring (bicyclic) bond motifs is 1. The van der Waals surface area contributed by atoms with Crippen LogP contribution in [-0.2, 0) is 18.0 Å².